The summed E-state index contributed by atoms with van der Waals surface area (Å²) in [5, 5.41) is 6.88. The lowest BCUT2D eigenvalue weighted by Crippen LogP contribution is -2.43. The summed E-state index contributed by atoms with van der Waals surface area (Å²) < 4.78 is 0. The van der Waals surface area contributed by atoms with E-state index in [4.69, 9.17) is 0 Å². The van der Waals surface area contributed by atoms with Gasteiger partial charge in [-0.3, -0.25) is 14.7 Å². The molecular weight excluding hydrogens is 513 g/mol. The van der Waals surface area contributed by atoms with Crippen LogP contribution in [0.4, 0.5) is 0 Å². The number of likely N-dealkylation sites (N-methyl/N-ethyl adjacent to an activating group) is 1. The number of hydrogen-bond donors (Lipinski definition) is 2. The Bertz CT molecular complexity index is 837. The molecule has 0 radical (unpaired) electrons. The van der Waals surface area contributed by atoms with Crippen LogP contribution in [0.25, 0.3) is 0 Å². The fourth-order valence-corrected chi connectivity index (χ4v) is 3.65. The lowest BCUT2D eigenvalue weighted by atomic mass is 10.1. The predicted octanol–water partition coefficient (Wildman–Crippen LogP) is 3.80. The highest BCUT2D eigenvalue weighted by Crippen LogP contribution is 2.19. The van der Waals surface area contributed by atoms with Crippen molar-refractivity contribution in [1.29, 1.82) is 0 Å². The number of hydrogen-bond acceptors (Lipinski definition) is 3. The second-order valence-corrected chi connectivity index (χ2v) is 7.68. The van der Waals surface area contributed by atoms with Gasteiger partial charge in [-0.25, -0.2) is 0 Å². The van der Waals surface area contributed by atoms with Gasteiger partial charge in [0.15, 0.2) is 5.96 Å². The Morgan fingerprint density at radius 1 is 1.00 bits per heavy atom. The highest BCUT2D eigenvalue weighted by atomic mass is 127. The van der Waals surface area contributed by atoms with Crippen LogP contribution >= 0.6 is 24.0 Å². The average Bonchev–Trinajstić information content (AvgIpc) is 2.80. The summed E-state index contributed by atoms with van der Waals surface area (Å²) in [6, 6.07) is 18.7. The van der Waals surface area contributed by atoms with Crippen molar-refractivity contribution in [3.05, 3.63) is 71.3 Å². The van der Waals surface area contributed by atoms with Crippen molar-refractivity contribution in [2.24, 2.45) is 4.99 Å². The number of aliphatic imine (C=N–C) groups is 1. The molecule has 0 aromatic heterocycles. The number of rotatable bonds is 10. The SMILES string of the molecule is CCN(CC)C(CNC(=NC)NCCc1cccc(C(=O)N(C)C)c1)c1ccccc1.I. The van der Waals surface area contributed by atoms with Gasteiger partial charge in [-0.2, -0.15) is 0 Å². The quantitative estimate of drug-likeness (QED) is 0.268. The van der Waals surface area contributed by atoms with E-state index in [1.54, 1.807) is 26.0 Å². The van der Waals surface area contributed by atoms with E-state index in [1.807, 2.05) is 18.2 Å². The summed E-state index contributed by atoms with van der Waals surface area (Å²) in [6.45, 7) is 7.89. The van der Waals surface area contributed by atoms with Gasteiger partial charge in [-0.15, -0.1) is 24.0 Å². The van der Waals surface area contributed by atoms with Gasteiger partial charge in [0.25, 0.3) is 5.91 Å². The highest BCUT2D eigenvalue weighted by Gasteiger charge is 2.18. The number of benzene rings is 2. The molecule has 32 heavy (non-hydrogen) atoms. The maximum atomic E-state index is 12.2. The number of guanidine groups is 1. The maximum absolute atomic E-state index is 12.2. The Balaban J connectivity index is 0.00000512. The number of nitrogens with zero attached hydrogens (tertiary/aromatic N) is 3. The Labute approximate surface area is 210 Å². The monoisotopic (exact) mass is 551 g/mol. The van der Waals surface area contributed by atoms with E-state index in [2.05, 4.69) is 70.8 Å². The molecule has 0 aliphatic heterocycles. The van der Waals surface area contributed by atoms with Gasteiger partial charge in [-0.1, -0.05) is 56.3 Å². The van der Waals surface area contributed by atoms with E-state index in [-0.39, 0.29) is 35.9 Å². The van der Waals surface area contributed by atoms with Crippen LogP contribution < -0.4 is 10.6 Å². The molecule has 0 heterocycles. The van der Waals surface area contributed by atoms with Gasteiger partial charge in [0.1, 0.15) is 0 Å². The Kier molecular flexibility index (Phi) is 12.9. The minimum Gasteiger partial charge on any atom is -0.356 e. The smallest absolute Gasteiger partial charge is 0.253 e. The second kappa shape index (κ2) is 14.8. The number of carbonyl (C=O) groups is 1. The number of nitrogens with one attached hydrogen (secondary N) is 2. The molecule has 1 amide bonds. The van der Waals surface area contributed by atoms with Crippen molar-refractivity contribution < 1.29 is 4.79 Å². The lowest BCUT2D eigenvalue weighted by molar-refractivity contribution is 0.0827. The normalized spacial score (nSPS) is 12.1. The molecule has 2 aromatic carbocycles. The highest BCUT2D eigenvalue weighted by molar-refractivity contribution is 14.0. The van der Waals surface area contributed by atoms with Crippen LogP contribution in [0.5, 0.6) is 0 Å². The molecule has 2 rings (SSSR count). The zero-order valence-corrected chi connectivity index (χ0v) is 22.3. The molecule has 0 bridgehead atoms. The van der Waals surface area contributed by atoms with Gasteiger partial charge in [-0.05, 0) is 42.8 Å². The molecule has 1 atom stereocenters. The predicted molar refractivity (Wildman–Crippen MR) is 145 cm³/mol. The summed E-state index contributed by atoms with van der Waals surface area (Å²) in [5.74, 6) is 0.809. The van der Waals surface area contributed by atoms with E-state index >= 15 is 0 Å². The minimum atomic E-state index is 0. The van der Waals surface area contributed by atoms with Crippen LogP contribution in [0.15, 0.2) is 59.6 Å². The van der Waals surface area contributed by atoms with Crippen LogP contribution in [0.3, 0.4) is 0 Å². The molecule has 2 aromatic rings. The summed E-state index contributed by atoms with van der Waals surface area (Å²) in [5.41, 5.74) is 3.15. The van der Waals surface area contributed by atoms with Gasteiger partial charge >= 0.3 is 0 Å². The fraction of sp³-hybridized carbons (Fsp3) is 0.440. The molecule has 176 valence electrons. The van der Waals surface area contributed by atoms with Crippen molar-refractivity contribution in [3.63, 3.8) is 0 Å². The Morgan fingerprint density at radius 2 is 1.69 bits per heavy atom. The number of carbonyl (C=O) groups excluding carboxylic acids is 1. The molecule has 0 fully saturated rings. The molecule has 2 N–H and O–H groups in total. The van der Waals surface area contributed by atoms with E-state index in [9.17, 15) is 4.79 Å². The van der Waals surface area contributed by atoms with E-state index < -0.39 is 0 Å². The Hall–Kier alpha value is -2.13. The van der Waals surface area contributed by atoms with Gasteiger partial charge < -0.3 is 15.5 Å². The number of amides is 1. The molecule has 7 heteroatoms. The van der Waals surface area contributed by atoms with Crippen LogP contribution in [0.1, 0.15) is 41.4 Å². The standard InChI is InChI=1S/C25H37N5O.HI/c1-6-30(7-2)23(21-13-9-8-10-14-21)19-28-25(26-3)27-17-16-20-12-11-15-22(18-20)24(31)29(4)5;/h8-15,18,23H,6-7,16-17,19H2,1-5H3,(H2,26,27,28);1H. The van der Waals surface area contributed by atoms with Crippen molar-refractivity contribution >= 4 is 35.8 Å². The van der Waals surface area contributed by atoms with Crippen LogP contribution in [0.2, 0.25) is 0 Å². The van der Waals surface area contributed by atoms with Gasteiger partial charge in [0, 0.05) is 39.8 Å². The van der Waals surface area contributed by atoms with Crippen LogP contribution in [-0.2, 0) is 6.42 Å². The molecular formula is C25H38IN5O. The maximum Gasteiger partial charge on any atom is 0.253 e. The van der Waals surface area contributed by atoms with Gasteiger partial charge in [0.2, 0.25) is 0 Å². The molecule has 0 aliphatic carbocycles. The zero-order valence-electron chi connectivity index (χ0n) is 20.0. The van der Waals surface area contributed by atoms with Crippen LogP contribution in [0, 0.1) is 0 Å². The van der Waals surface area contributed by atoms with E-state index in [1.165, 1.54) is 5.56 Å². The largest absolute Gasteiger partial charge is 0.356 e. The third-order valence-electron chi connectivity index (χ3n) is 5.41. The van der Waals surface area contributed by atoms with Crippen LogP contribution in [-0.4, -0.2) is 69.0 Å². The van der Waals surface area contributed by atoms with Gasteiger partial charge in [0.05, 0.1) is 6.04 Å². The first-order chi connectivity index (χ1) is 15.0. The third-order valence-corrected chi connectivity index (χ3v) is 5.41. The van der Waals surface area contributed by atoms with E-state index in [0.717, 1.165) is 49.7 Å². The molecule has 6 nitrogen and oxygen atoms in total. The van der Waals surface area contributed by atoms with Crippen molar-refractivity contribution in [3.8, 4) is 0 Å². The summed E-state index contributed by atoms with van der Waals surface area (Å²) >= 11 is 0. The Morgan fingerprint density at radius 3 is 2.28 bits per heavy atom. The first-order valence-electron chi connectivity index (χ1n) is 11.0. The average molecular weight is 552 g/mol. The second-order valence-electron chi connectivity index (χ2n) is 7.68. The molecule has 0 spiro atoms. The number of halogens is 1. The molecule has 0 aliphatic rings. The summed E-state index contributed by atoms with van der Waals surface area (Å²) in [7, 11) is 5.33. The lowest BCUT2D eigenvalue weighted by Gasteiger charge is -2.30. The molecule has 0 saturated heterocycles. The third kappa shape index (κ3) is 8.43. The topological polar surface area (TPSA) is 60.0 Å². The first-order valence-corrected chi connectivity index (χ1v) is 11.0. The minimum absolute atomic E-state index is 0. The zero-order chi connectivity index (χ0) is 22.6. The summed E-state index contributed by atoms with van der Waals surface area (Å²) in [4.78, 5) is 20.6. The van der Waals surface area contributed by atoms with Crippen molar-refractivity contribution in [2.75, 3.05) is 47.3 Å². The fourth-order valence-electron chi connectivity index (χ4n) is 3.65. The van der Waals surface area contributed by atoms with Crippen molar-refractivity contribution in [2.45, 2.75) is 26.3 Å². The first kappa shape index (κ1) is 27.9. The molecule has 0 saturated carbocycles. The van der Waals surface area contributed by atoms with Crippen molar-refractivity contribution in [1.82, 2.24) is 20.4 Å². The van der Waals surface area contributed by atoms with E-state index in [0.29, 0.717) is 0 Å². The molecule has 1 unspecified atom stereocenters. The summed E-state index contributed by atoms with van der Waals surface area (Å²) in [6.07, 6.45) is 0.813.